The van der Waals surface area contributed by atoms with E-state index in [1.165, 1.54) is 0 Å². The molecule has 1 aromatic heterocycles. The van der Waals surface area contributed by atoms with Crippen LogP contribution in [0.15, 0.2) is 65.7 Å². The second kappa shape index (κ2) is 7.93. The van der Waals surface area contributed by atoms with Gasteiger partial charge in [0.15, 0.2) is 11.5 Å². The summed E-state index contributed by atoms with van der Waals surface area (Å²) in [6, 6.07) is 20.7. The van der Waals surface area contributed by atoms with E-state index in [0.717, 1.165) is 42.2 Å². The number of rotatable bonds is 3. The number of guanidine groups is 1. The van der Waals surface area contributed by atoms with Gasteiger partial charge in [0.1, 0.15) is 5.82 Å². The minimum atomic E-state index is -0.0861. The predicted molar refractivity (Wildman–Crippen MR) is 128 cm³/mol. The zero-order valence-electron chi connectivity index (χ0n) is 18.6. The molecule has 0 N–H and O–H groups in total. The molecule has 2 atom stereocenters. The Morgan fingerprint density at radius 2 is 1.76 bits per heavy atom. The first-order valence-electron chi connectivity index (χ1n) is 11.6. The van der Waals surface area contributed by atoms with Crippen molar-refractivity contribution in [3.05, 3.63) is 83.3 Å². The topological polar surface area (TPSA) is 53.7 Å². The van der Waals surface area contributed by atoms with E-state index in [2.05, 4.69) is 33.4 Å². The van der Waals surface area contributed by atoms with Crippen LogP contribution >= 0.6 is 0 Å². The summed E-state index contributed by atoms with van der Waals surface area (Å²) in [6.07, 6.45) is 3.30. The molecule has 1 saturated carbocycles. The second-order valence-electron chi connectivity index (χ2n) is 8.71. The molecule has 6 heteroatoms. The van der Waals surface area contributed by atoms with E-state index in [-0.39, 0.29) is 18.0 Å². The summed E-state index contributed by atoms with van der Waals surface area (Å²) in [5, 5.41) is 0. The molecule has 1 aliphatic carbocycles. The van der Waals surface area contributed by atoms with Crippen molar-refractivity contribution >= 4 is 17.7 Å². The van der Waals surface area contributed by atoms with Gasteiger partial charge in [-0.2, -0.15) is 0 Å². The van der Waals surface area contributed by atoms with E-state index >= 15 is 0 Å². The number of carbonyl (C=O) groups excluding carboxylic acids is 1. The summed E-state index contributed by atoms with van der Waals surface area (Å²) in [6.45, 7) is 3.17. The van der Waals surface area contributed by atoms with Gasteiger partial charge in [-0.15, -0.1) is 0 Å². The maximum atomic E-state index is 13.5. The van der Waals surface area contributed by atoms with E-state index in [1.807, 2.05) is 55.5 Å². The number of fused-ring (bicyclic) bond motifs is 5. The molecule has 0 spiro atoms. The standard InChI is InChI=1S/C27H25N5O/c1-2-30-26(33)24-25(32-22-15-9-14-21(22)28-27(30)32)31(18-20-12-7-4-8-13-20)23(29-24)17-16-19-10-5-3-6-11-19/h3-8,10-13,21-22H,2,9,14-15,18H2,1H3/t21-,22+/m1/s1. The van der Waals surface area contributed by atoms with E-state index < -0.39 is 0 Å². The number of anilines is 1. The molecule has 2 aromatic carbocycles. The minimum absolute atomic E-state index is 0.0861. The third kappa shape index (κ3) is 3.23. The largest absolute Gasteiger partial charge is 0.299 e. The number of aliphatic imine (C=N–C) groups is 1. The Morgan fingerprint density at radius 3 is 2.52 bits per heavy atom. The van der Waals surface area contributed by atoms with Crippen LogP contribution in [-0.2, 0) is 6.54 Å². The number of hydrogen-bond acceptors (Lipinski definition) is 4. The van der Waals surface area contributed by atoms with E-state index in [9.17, 15) is 4.79 Å². The molecule has 0 saturated heterocycles. The average molecular weight is 436 g/mol. The molecular formula is C27H25N5O. The Labute approximate surface area is 193 Å². The van der Waals surface area contributed by atoms with Gasteiger partial charge < -0.3 is 0 Å². The van der Waals surface area contributed by atoms with Crippen LogP contribution in [0.5, 0.6) is 0 Å². The van der Waals surface area contributed by atoms with Crippen molar-refractivity contribution in [2.75, 3.05) is 11.4 Å². The molecule has 33 heavy (non-hydrogen) atoms. The van der Waals surface area contributed by atoms with Crippen LogP contribution in [0.4, 0.5) is 5.82 Å². The highest BCUT2D eigenvalue weighted by atomic mass is 16.2. The van der Waals surface area contributed by atoms with Crippen molar-refractivity contribution in [2.45, 2.75) is 44.8 Å². The molecule has 6 rings (SSSR count). The molecule has 0 bridgehead atoms. The fraction of sp³-hybridized carbons (Fsp3) is 0.296. The van der Waals surface area contributed by atoms with E-state index in [1.54, 1.807) is 4.90 Å². The highest BCUT2D eigenvalue weighted by Crippen LogP contribution is 2.41. The zero-order valence-corrected chi connectivity index (χ0v) is 18.6. The lowest BCUT2D eigenvalue weighted by molar-refractivity contribution is 0.0840. The van der Waals surface area contributed by atoms with Crippen LogP contribution in [-0.4, -0.2) is 44.9 Å². The summed E-state index contributed by atoms with van der Waals surface area (Å²) in [4.78, 5) is 27.4. The number of carbonyl (C=O) groups is 1. The van der Waals surface area contributed by atoms with Crippen LogP contribution in [0, 0.1) is 11.8 Å². The first-order chi connectivity index (χ1) is 16.2. The maximum absolute atomic E-state index is 13.5. The van der Waals surface area contributed by atoms with Gasteiger partial charge in [0.25, 0.3) is 5.91 Å². The lowest BCUT2D eigenvalue weighted by Gasteiger charge is -2.36. The van der Waals surface area contributed by atoms with Crippen molar-refractivity contribution in [2.24, 2.45) is 4.99 Å². The van der Waals surface area contributed by atoms with Gasteiger partial charge in [-0.1, -0.05) is 54.5 Å². The molecule has 0 radical (unpaired) electrons. The molecule has 164 valence electrons. The molecule has 2 aliphatic heterocycles. The van der Waals surface area contributed by atoms with Crippen molar-refractivity contribution in [3.8, 4) is 11.8 Å². The molecule has 1 fully saturated rings. The Balaban J connectivity index is 1.53. The highest BCUT2D eigenvalue weighted by molar-refractivity contribution is 6.18. The van der Waals surface area contributed by atoms with Gasteiger partial charge in [-0.25, -0.2) is 9.98 Å². The third-order valence-electron chi connectivity index (χ3n) is 6.72. The summed E-state index contributed by atoms with van der Waals surface area (Å²) in [5.41, 5.74) is 2.55. The summed E-state index contributed by atoms with van der Waals surface area (Å²) in [5.74, 6) is 8.65. The predicted octanol–water partition coefficient (Wildman–Crippen LogP) is 3.90. The average Bonchev–Trinajstić information content (AvgIpc) is 3.53. The van der Waals surface area contributed by atoms with Crippen molar-refractivity contribution in [1.82, 2.24) is 14.5 Å². The van der Waals surface area contributed by atoms with Crippen LogP contribution in [0.1, 0.15) is 53.6 Å². The van der Waals surface area contributed by atoms with E-state index in [4.69, 9.17) is 9.98 Å². The van der Waals surface area contributed by atoms with Crippen LogP contribution in [0.3, 0.4) is 0 Å². The lowest BCUT2D eigenvalue weighted by Crippen LogP contribution is -2.53. The lowest BCUT2D eigenvalue weighted by atomic mass is 10.1. The highest BCUT2D eigenvalue weighted by Gasteiger charge is 2.49. The molecule has 1 amide bonds. The molecule has 6 nitrogen and oxygen atoms in total. The first kappa shape index (κ1) is 19.8. The van der Waals surface area contributed by atoms with Gasteiger partial charge in [0, 0.05) is 12.1 Å². The number of nitrogens with zero attached hydrogens (tertiary/aromatic N) is 5. The molecule has 3 aliphatic rings. The summed E-state index contributed by atoms with van der Waals surface area (Å²) >= 11 is 0. The number of aromatic nitrogens is 2. The normalized spacial score (nSPS) is 20.6. The minimum Gasteiger partial charge on any atom is -0.299 e. The van der Waals surface area contributed by atoms with Crippen LogP contribution in [0.25, 0.3) is 0 Å². The van der Waals surface area contributed by atoms with Crippen molar-refractivity contribution < 1.29 is 4.79 Å². The molecule has 3 aromatic rings. The van der Waals surface area contributed by atoms with Gasteiger partial charge in [0.05, 0.1) is 18.6 Å². The second-order valence-corrected chi connectivity index (χ2v) is 8.71. The first-order valence-corrected chi connectivity index (χ1v) is 11.6. The van der Waals surface area contributed by atoms with Gasteiger partial charge in [-0.05, 0) is 49.8 Å². The van der Waals surface area contributed by atoms with Crippen molar-refractivity contribution in [3.63, 3.8) is 0 Å². The fourth-order valence-corrected chi connectivity index (χ4v) is 5.18. The quantitative estimate of drug-likeness (QED) is 0.587. The summed E-state index contributed by atoms with van der Waals surface area (Å²) in [7, 11) is 0. The number of imidazole rings is 1. The summed E-state index contributed by atoms with van der Waals surface area (Å²) < 4.78 is 2.11. The van der Waals surface area contributed by atoms with Crippen molar-refractivity contribution in [1.29, 1.82) is 0 Å². The van der Waals surface area contributed by atoms with Gasteiger partial charge in [-0.3, -0.25) is 19.2 Å². The zero-order chi connectivity index (χ0) is 22.4. The fourth-order valence-electron chi connectivity index (χ4n) is 5.18. The SMILES string of the molecule is CCN1C(=O)c2nc(C#Cc3ccccc3)n(Cc3ccccc3)c2N2C1=N[C@@H]1CCC[C@@H]12. The Hall–Kier alpha value is -3.85. The van der Waals surface area contributed by atoms with E-state index in [0.29, 0.717) is 24.6 Å². The molecule has 0 unspecified atom stereocenters. The Bertz CT molecular complexity index is 1300. The number of benzene rings is 2. The molecule has 3 heterocycles. The third-order valence-corrected chi connectivity index (χ3v) is 6.72. The van der Waals surface area contributed by atoms with Crippen LogP contribution < -0.4 is 4.90 Å². The maximum Gasteiger partial charge on any atom is 0.283 e. The Kier molecular flexibility index (Phi) is 4.76. The monoisotopic (exact) mass is 435 g/mol. The van der Waals surface area contributed by atoms with Gasteiger partial charge >= 0.3 is 0 Å². The smallest absolute Gasteiger partial charge is 0.283 e. The Morgan fingerprint density at radius 1 is 1.00 bits per heavy atom. The number of amides is 1. The molecular weight excluding hydrogens is 410 g/mol. The number of hydrogen-bond donors (Lipinski definition) is 0. The van der Waals surface area contributed by atoms with Crippen LogP contribution in [0.2, 0.25) is 0 Å². The van der Waals surface area contributed by atoms with Gasteiger partial charge in [0.2, 0.25) is 5.96 Å².